The SMILES string of the molecule is CC(CC=O)c1cc(C(=O)O)c(O)cc1O. The monoisotopic (exact) mass is 224 g/mol. The summed E-state index contributed by atoms with van der Waals surface area (Å²) in [6, 6.07) is 2.15. The number of phenols is 2. The van der Waals surface area contributed by atoms with Crippen molar-refractivity contribution in [1.82, 2.24) is 0 Å². The molecule has 16 heavy (non-hydrogen) atoms. The normalized spacial score (nSPS) is 12.1. The van der Waals surface area contributed by atoms with Gasteiger partial charge in [0.25, 0.3) is 0 Å². The van der Waals surface area contributed by atoms with Crippen LogP contribution < -0.4 is 0 Å². The Morgan fingerprint density at radius 2 is 2.00 bits per heavy atom. The Morgan fingerprint density at radius 1 is 1.38 bits per heavy atom. The fourth-order valence-electron chi connectivity index (χ4n) is 1.43. The van der Waals surface area contributed by atoms with Crippen LogP contribution >= 0.6 is 0 Å². The van der Waals surface area contributed by atoms with Gasteiger partial charge < -0.3 is 20.1 Å². The van der Waals surface area contributed by atoms with Gasteiger partial charge in [-0.15, -0.1) is 0 Å². The van der Waals surface area contributed by atoms with Gasteiger partial charge in [-0.25, -0.2) is 4.79 Å². The number of rotatable bonds is 4. The van der Waals surface area contributed by atoms with E-state index in [-0.39, 0.29) is 23.7 Å². The van der Waals surface area contributed by atoms with Gasteiger partial charge in [0.1, 0.15) is 23.3 Å². The number of aromatic carboxylic acids is 1. The molecule has 0 heterocycles. The molecule has 0 aliphatic carbocycles. The van der Waals surface area contributed by atoms with Crippen molar-refractivity contribution in [3.63, 3.8) is 0 Å². The molecule has 0 saturated carbocycles. The molecule has 1 atom stereocenters. The van der Waals surface area contributed by atoms with Gasteiger partial charge in [0, 0.05) is 12.5 Å². The number of carboxylic acid groups (broad SMARTS) is 1. The first kappa shape index (κ1) is 12.0. The van der Waals surface area contributed by atoms with Crippen LogP contribution in [0.2, 0.25) is 0 Å². The highest BCUT2D eigenvalue weighted by atomic mass is 16.4. The van der Waals surface area contributed by atoms with Crippen LogP contribution in [0.25, 0.3) is 0 Å². The zero-order chi connectivity index (χ0) is 12.3. The molecule has 0 aliphatic heterocycles. The topological polar surface area (TPSA) is 94.8 Å². The highest BCUT2D eigenvalue weighted by Crippen LogP contribution is 2.33. The summed E-state index contributed by atoms with van der Waals surface area (Å²) >= 11 is 0. The molecular weight excluding hydrogens is 212 g/mol. The third-order valence-electron chi connectivity index (χ3n) is 2.36. The van der Waals surface area contributed by atoms with Crippen molar-refractivity contribution in [2.75, 3.05) is 0 Å². The third kappa shape index (κ3) is 2.31. The van der Waals surface area contributed by atoms with Crippen molar-refractivity contribution in [2.24, 2.45) is 0 Å². The number of phenolic OH excluding ortho intramolecular Hbond substituents is 1. The van der Waals surface area contributed by atoms with E-state index in [0.717, 1.165) is 6.07 Å². The van der Waals surface area contributed by atoms with E-state index in [2.05, 4.69) is 0 Å². The number of benzene rings is 1. The lowest BCUT2D eigenvalue weighted by Gasteiger charge is -2.12. The molecule has 1 rings (SSSR count). The summed E-state index contributed by atoms with van der Waals surface area (Å²) in [5, 5.41) is 27.6. The molecule has 0 radical (unpaired) electrons. The molecule has 0 amide bonds. The zero-order valence-electron chi connectivity index (χ0n) is 8.67. The summed E-state index contributed by atoms with van der Waals surface area (Å²) in [6.45, 7) is 1.69. The number of carbonyl (C=O) groups is 2. The number of carbonyl (C=O) groups excluding carboxylic acids is 1. The van der Waals surface area contributed by atoms with Gasteiger partial charge in [0.15, 0.2) is 0 Å². The number of aromatic hydroxyl groups is 2. The fraction of sp³-hybridized carbons (Fsp3) is 0.273. The molecule has 0 fully saturated rings. The Bertz CT molecular complexity index is 425. The molecule has 1 aromatic rings. The third-order valence-corrected chi connectivity index (χ3v) is 2.36. The molecule has 0 saturated heterocycles. The van der Waals surface area contributed by atoms with Crippen LogP contribution in [0.5, 0.6) is 11.5 Å². The van der Waals surface area contributed by atoms with E-state index in [1.54, 1.807) is 6.92 Å². The lowest BCUT2D eigenvalue weighted by atomic mass is 9.95. The number of hydrogen-bond acceptors (Lipinski definition) is 4. The molecule has 5 heteroatoms. The number of hydrogen-bond donors (Lipinski definition) is 3. The van der Waals surface area contributed by atoms with E-state index in [4.69, 9.17) is 5.11 Å². The van der Waals surface area contributed by atoms with Gasteiger partial charge in [-0.2, -0.15) is 0 Å². The van der Waals surface area contributed by atoms with Crippen LogP contribution in [0.1, 0.15) is 35.2 Å². The predicted molar refractivity (Wildman–Crippen MR) is 55.8 cm³/mol. The average molecular weight is 224 g/mol. The van der Waals surface area contributed by atoms with Crippen LogP contribution in [-0.2, 0) is 4.79 Å². The smallest absolute Gasteiger partial charge is 0.339 e. The maximum atomic E-state index is 10.8. The Hall–Kier alpha value is -2.04. The molecule has 1 unspecified atom stereocenters. The van der Waals surface area contributed by atoms with E-state index in [0.29, 0.717) is 11.8 Å². The van der Waals surface area contributed by atoms with Crippen molar-refractivity contribution in [2.45, 2.75) is 19.3 Å². The Balaban J connectivity index is 3.24. The second-order valence-electron chi connectivity index (χ2n) is 3.54. The molecule has 0 aromatic heterocycles. The van der Waals surface area contributed by atoms with Crippen LogP contribution in [0.3, 0.4) is 0 Å². The Kier molecular flexibility index (Phi) is 3.50. The summed E-state index contributed by atoms with van der Waals surface area (Å²) < 4.78 is 0. The molecule has 86 valence electrons. The minimum atomic E-state index is -1.28. The van der Waals surface area contributed by atoms with Crippen molar-refractivity contribution in [3.8, 4) is 11.5 Å². The molecule has 3 N–H and O–H groups in total. The van der Waals surface area contributed by atoms with Gasteiger partial charge in [-0.05, 0) is 17.5 Å². The second-order valence-corrected chi connectivity index (χ2v) is 3.54. The molecule has 0 bridgehead atoms. The standard InChI is InChI=1S/C11H12O5/c1-6(2-3-12)7-4-8(11(15)16)10(14)5-9(7)13/h3-6,13-14H,2H2,1H3,(H,15,16). The van der Waals surface area contributed by atoms with E-state index in [1.165, 1.54) is 6.07 Å². The molecule has 5 nitrogen and oxygen atoms in total. The van der Waals surface area contributed by atoms with Crippen LogP contribution in [0.4, 0.5) is 0 Å². The van der Waals surface area contributed by atoms with E-state index >= 15 is 0 Å². The summed E-state index contributed by atoms with van der Waals surface area (Å²) in [7, 11) is 0. The van der Waals surface area contributed by atoms with E-state index < -0.39 is 11.7 Å². The summed E-state index contributed by atoms with van der Waals surface area (Å²) in [6.07, 6.45) is 0.870. The van der Waals surface area contributed by atoms with Gasteiger partial charge in [0.05, 0.1) is 0 Å². The quantitative estimate of drug-likeness (QED) is 0.673. The Labute approximate surface area is 92.0 Å². The largest absolute Gasteiger partial charge is 0.508 e. The zero-order valence-corrected chi connectivity index (χ0v) is 8.67. The maximum absolute atomic E-state index is 10.8. The highest BCUT2D eigenvalue weighted by molar-refractivity contribution is 5.91. The maximum Gasteiger partial charge on any atom is 0.339 e. The van der Waals surface area contributed by atoms with Crippen molar-refractivity contribution in [3.05, 3.63) is 23.3 Å². The second kappa shape index (κ2) is 4.65. The van der Waals surface area contributed by atoms with E-state index in [1.807, 2.05) is 0 Å². The number of carboxylic acids is 1. The van der Waals surface area contributed by atoms with Gasteiger partial charge in [0.2, 0.25) is 0 Å². The molecule has 0 spiro atoms. The van der Waals surface area contributed by atoms with E-state index in [9.17, 15) is 19.8 Å². The van der Waals surface area contributed by atoms with Crippen molar-refractivity contribution < 1.29 is 24.9 Å². The first-order valence-corrected chi connectivity index (χ1v) is 4.70. The minimum absolute atomic E-state index is 0.178. The minimum Gasteiger partial charge on any atom is -0.508 e. The van der Waals surface area contributed by atoms with Crippen molar-refractivity contribution in [1.29, 1.82) is 0 Å². The van der Waals surface area contributed by atoms with Gasteiger partial charge in [-0.1, -0.05) is 6.92 Å². The van der Waals surface area contributed by atoms with Gasteiger partial charge >= 0.3 is 5.97 Å². The first-order valence-electron chi connectivity index (χ1n) is 4.70. The molecule has 1 aromatic carbocycles. The Morgan fingerprint density at radius 3 is 2.50 bits per heavy atom. The first-order chi connectivity index (χ1) is 7.47. The van der Waals surface area contributed by atoms with Crippen LogP contribution in [-0.4, -0.2) is 27.6 Å². The molecule has 0 aliphatic rings. The van der Waals surface area contributed by atoms with Crippen molar-refractivity contribution >= 4 is 12.3 Å². The van der Waals surface area contributed by atoms with Gasteiger partial charge in [-0.3, -0.25) is 0 Å². The fourth-order valence-corrected chi connectivity index (χ4v) is 1.43. The summed E-state index contributed by atoms with van der Waals surface area (Å²) in [5.41, 5.74) is 0.0489. The highest BCUT2D eigenvalue weighted by Gasteiger charge is 2.17. The molecular formula is C11H12O5. The number of aldehydes is 1. The van der Waals surface area contributed by atoms with Crippen LogP contribution in [0, 0.1) is 0 Å². The van der Waals surface area contributed by atoms with Crippen LogP contribution in [0.15, 0.2) is 12.1 Å². The lowest BCUT2D eigenvalue weighted by Crippen LogP contribution is -2.01. The summed E-state index contributed by atoms with van der Waals surface area (Å²) in [5.74, 6) is -2.28. The average Bonchev–Trinajstić information content (AvgIpc) is 2.17. The predicted octanol–water partition coefficient (Wildman–Crippen LogP) is 1.49. The summed E-state index contributed by atoms with van der Waals surface area (Å²) in [4.78, 5) is 21.1. The lowest BCUT2D eigenvalue weighted by molar-refractivity contribution is -0.108.